The third kappa shape index (κ3) is 3.75. The highest BCUT2D eigenvalue weighted by Crippen LogP contribution is 1.95. The number of hydrogen-bond donors (Lipinski definition) is 3. The average molecular weight is 172 g/mol. The molecule has 10 heavy (non-hydrogen) atoms. The highest BCUT2D eigenvalue weighted by atomic mass is 32.2. The molecule has 2 unspecified atom stereocenters. The van der Waals surface area contributed by atoms with Gasteiger partial charge in [-0.1, -0.05) is 0 Å². The lowest BCUT2D eigenvalue weighted by molar-refractivity contribution is 0.185. The first-order valence-corrected chi connectivity index (χ1v) is 3.71. The molecule has 0 aromatic carbocycles. The average Bonchev–Trinajstić information content (AvgIpc) is 1.62. The van der Waals surface area contributed by atoms with Gasteiger partial charge in [-0.2, -0.15) is 0 Å². The number of aliphatic hydroxyl groups is 1. The minimum Gasteiger partial charge on any atom is -0.747 e. The van der Waals surface area contributed by atoms with Gasteiger partial charge in [-0.15, -0.1) is 0 Å². The van der Waals surface area contributed by atoms with E-state index >= 15 is 0 Å². The molecule has 0 aliphatic heterocycles. The van der Waals surface area contributed by atoms with E-state index < -0.39 is 21.6 Å². The first-order valence-electron chi connectivity index (χ1n) is 2.24. The Hall–Kier alpha value is -0.210. The lowest BCUT2D eigenvalue weighted by Crippen LogP contribution is -2.39. The van der Waals surface area contributed by atoms with E-state index in [-0.39, 0.29) is 6.15 Å². The summed E-state index contributed by atoms with van der Waals surface area (Å²) in [5.74, 6) is 0. The van der Waals surface area contributed by atoms with Gasteiger partial charge in [0.05, 0.1) is 6.10 Å². The molecule has 0 aromatic heterocycles. The summed E-state index contributed by atoms with van der Waals surface area (Å²) in [7, 11) is -4.52. The second-order valence-electron chi connectivity index (χ2n) is 1.70. The summed E-state index contributed by atoms with van der Waals surface area (Å²) in [6.07, 6.45) is -1.31. The lowest BCUT2D eigenvalue weighted by Gasteiger charge is -2.17. The van der Waals surface area contributed by atoms with E-state index in [0.29, 0.717) is 0 Å². The van der Waals surface area contributed by atoms with Crippen molar-refractivity contribution in [3.63, 3.8) is 0 Å². The van der Waals surface area contributed by atoms with Crippen LogP contribution in [-0.4, -0.2) is 29.6 Å². The molecule has 64 valence electrons. The van der Waals surface area contributed by atoms with Crippen LogP contribution in [0.5, 0.6) is 0 Å². The van der Waals surface area contributed by atoms with Crippen LogP contribution in [0.2, 0.25) is 0 Å². The molecule has 2 atom stereocenters. The molecule has 0 rings (SSSR count). The number of aliphatic hydroxyl groups excluding tert-OH is 1. The highest BCUT2D eigenvalue weighted by Gasteiger charge is 2.15. The first kappa shape index (κ1) is 12.5. The molecular formula is C3H12N2O4S. The van der Waals surface area contributed by atoms with E-state index in [1.54, 1.807) is 0 Å². The first-order chi connectivity index (χ1) is 3.85. The molecule has 0 fully saturated rings. The van der Waals surface area contributed by atoms with Crippen molar-refractivity contribution in [3.05, 3.63) is 0 Å². The number of hydrogen-bond acceptors (Lipinski definition) is 5. The van der Waals surface area contributed by atoms with Crippen molar-refractivity contribution >= 4 is 10.1 Å². The van der Waals surface area contributed by atoms with E-state index in [1.807, 2.05) is 0 Å². The van der Waals surface area contributed by atoms with Crippen LogP contribution in [0, 0.1) is 0 Å². The monoisotopic (exact) mass is 172 g/mol. The molecular weight excluding hydrogens is 160 g/mol. The fraction of sp³-hybridized carbons (Fsp3) is 1.00. The summed E-state index contributed by atoms with van der Waals surface area (Å²) in [5, 5.41) is 6.74. The van der Waals surface area contributed by atoms with E-state index in [4.69, 9.17) is 10.8 Å². The molecule has 0 aliphatic rings. The minimum atomic E-state index is -4.52. The quantitative estimate of drug-likeness (QED) is 0.438. The van der Waals surface area contributed by atoms with E-state index in [1.165, 1.54) is 0 Å². The second kappa shape index (κ2) is 3.84. The molecule has 7 heteroatoms. The molecule has 6 nitrogen and oxygen atoms in total. The van der Waals surface area contributed by atoms with Gasteiger partial charge in [0.15, 0.2) is 0 Å². The summed E-state index contributed by atoms with van der Waals surface area (Å²) in [6.45, 7) is 1.14. The van der Waals surface area contributed by atoms with Crippen LogP contribution in [0.3, 0.4) is 0 Å². The summed E-state index contributed by atoms with van der Waals surface area (Å²) >= 11 is 0. The second-order valence-corrected chi connectivity index (χ2v) is 3.23. The van der Waals surface area contributed by atoms with Crippen molar-refractivity contribution in [3.8, 4) is 0 Å². The van der Waals surface area contributed by atoms with Gasteiger partial charge in [0.25, 0.3) is 0 Å². The topological polar surface area (TPSA) is 140 Å². The zero-order valence-electron chi connectivity index (χ0n) is 5.81. The predicted molar refractivity (Wildman–Crippen MR) is 35.3 cm³/mol. The molecule has 0 spiro atoms. The van der Waals surface area contributed by atoms with Crippen LogP contribution in [0.4, 0.5) is 0 Å². The van der Waals surface area contributed by atoms with Crippen LogP contribution in [0.1, 0.15) is 6.92 Å². The van der Waals surface area contributed by atoms with E-state index in [2.05, 4.69) is 0 Å². The standard InChI is InChI=1S/C3H9NO4S.H3N/c1-2(5)3(4)9(6,7)8;/h2-3,5H,4H2,1H3,(H,6,7,8);1H3. The molecule has 7 N–H and O–H groups in total. The van der Waals surface area contributed by atoms with Crippen molar-refractivity contribution in [1.82, 2.24) is 6.15 Å². The maximum atomic E-state index is 9.93. The summed E-state index contributed by atoms with van der Waals surface area (Å²) in [4.78, 5) is 0. The van der Waals surface area contributed by atoms with Crippen molar-refractivity contribution in [1.29, 1.82) is 0 Å². The molecule has 0 saturated heterocycles. The van der Waals surface area contributed by atoms with Gasteiger partial charge in [-0.25, -0.2) is 8.42 Å². The van der Waals surface area contributed by atoms with Gasteiger partial charge in [0.1, 0.15) is 15.5 Å². The van der Waals surface area contributed by atoms with Gasteiger partial charge in [0, 0.05) is 0 Å². The van der Waals surface area contributed by atoms with E-state index in [9.17, 15) is 13.0 Å². The fourth-order valence-corrected chi connectivity index (χ4v) is 0.724. The van der Waals surface area contributed by atoms with Gasteiger partial charge in [-0.3, -0.25) is 0 Å². The smallest absolute Gasteiger partial charge is 0.122 e. The summed E-state index contributed by atoms with van der Waals surface area (Å²) in [6, 6.07) is 0. The van der Waals surface area contributed by atoms with Crippen LogP contribution in [0.15, 0.2) is 0 Å². The third-order valence-corrected chi connectivity index (χ3v) is 1.87. The maximum Gasteiger partial charge on any atom is 0.122 e. The number of nitrogens with two attached hydrogens (primary N) is 1. The van der Waals surface area contributed by atoms with Crippen LogP contribution in [0.25, 0.3) is 0 Å². The third-order valence-electron chi connectivity index (χ3n) is 0.809. The van der Waals surface area contributed by atoms with Crippen LogP contribution < -0.4 is 11.9 Å². The predicted octanol–water partition coefficient (Wildman–Crippen LogP) is -1.43. The molecule has 0 amide bonds. The van der Waals surface area contributed by atoms with Crippen molar-refractivity contribution in [2.45, 2.75) is 18.4 Å². The SMILES string of the molecule is CC(O)C(N)S(=O)(=O)[O-].[NH4+]. The van der Waals surface area contributed by atoms with Crippen LogP contribution in [-0.2, 0) is 10.1 Å². The van der Waals surface area contributed by atoms with Crippen molar-refractivity contribution in [2.75, 3.05) is 0 Å². The van der Waals surface area contributed by atoms with Gasteiger partial charge < -0.3 is 21.5 Å². The van der Waals surface area contributed by atoms with Gasteiger partial charge in [0.2, 0.25) is 0 Å². The molecule has 0 bridgehead atoms. The molecule has 0 heterocycles. The Morgan fingerprint density at radius 2 is 1.90 bits per heavy atom. The number of quaternary nitrogens is 1. The maximum absolute atomic E-state index is 9.93. The molecule has 0 aliphatic carbocycles. The lowest BCUT2D eigenvalue weighted by atomic mass is 10.4. The van der Waals surface area contributed by atoms with Crippen LogP contribution >= 0.6 is 0 Å². The Labute approximate surface area is 59.4 Å². The Balaban J connectivity index is 0. The minimum absolute atomic E-state index is 0. The Morgan fingerprint density at radius 1 is 1.60 bits per heavy atom. The molecule has 0 aromatic rings. The van der Waals surface area contributed by atoms with Crippen molar-refractivity contribution < 1.29 is 18.1 Å². The Kier molecular flexibility index (Phi) is 4.78. The normalized spacial score (nSPS) is 17.2. The molecule has 0 radical (unpaired) electrons. The highest BCUT2D eigenvalue weighted by molar-refractivity contribution is 7.86. The van der Waals surface area contributed by atoms with E-state index in [0.717, 1.165) is 6.92 Å². The molecule has 0 saturated carbocycles. The van der Waals surface area contributed by atoms with Gasteiger partial charge in [-0.05, 0) is 6.92 Å². The zero-order valence-corrected chi connectivity index (χ0v) is 6.63. The van der Waals surface area contributed by atoms with Crippen molar-refractivity contribution in [2.24, 2.45) is 5.73 Å². The number of rotatable bonds is 2. The Morgan fingerprint density at radius 3 is 1.90 bits per heavy atom. The zero-order chi connectivity index (χ0) is 7.65. The summed E-state index contributed by atoms with van der Waals surface area (Å²) in [5.41, 5.74) is 4.74. The Bertz CT molecular complexity index is 175. The largest absolute Gasteiger partial charge is 0.747 e. The fourth-order valence-electron chi connectivity index (χ4n) is 0.241. The summed E-state index contributed by atoms with van der Waals surface area (Å²) < 4.78 is 29.8. The van der Waals surface area contributed by atoms with Gasteiger partial charge >= 0.3 is 0 Å².